The van der Waals surface area contributed by atoms with E-state index >= 15 is 0 Å². The highest BCUT2D eigenvalue weighted by atomic mass is 16.5. The average molecular weight is 212 g/mol. The molecule has 1 saturated heterocycles. The van der Waals surface area contributed by atoms with Crippen LogP contribution in [0.2, 0.25) is 0 Å². The molecule has 0 saturated carbocycles. The van der Waals surface area contributed by atoms with E-state index in [0.717, 1.165) is 25.9 Å². The maximum atomic E-state index is 11.0. The zero-order valence-corrected chi connectivity index (χ0v) is 9.13. The van der Waals surface area contributed by atoms with Gasteiger partial charge in [-0.25, -0.2) is 0 Å². The molecule has 15 heavy (non-hydrogen) atoms. The summed E-state index contributed by atoms with van der Waals surface area (Å²) in [6.45, 7) is 6.77. The van der Waals surface area contributed by atoms with Gasteiger partial charge < -0.3 is 15.4 Å². The SMILES string of the molecule is C=CCC(=O)NCCOC1CCNCC1. The van der Waals surface area contributed by atoms with Gasteiger partial charge in [-0.05, 0) is 25.9 Å². The molecular formula is C11H20N2O2. The predicted molar refractivity (Wildman–Crippen MR) is 59.7 cm³/mol. The Bertz CT molecular complexity index is 201. The van der Waals surface area contributed by atoms with E-state index in [1.165, 1.54) is 0 Å². The minimum absolute atomic E-state index is 0.0129. The Morgan fingerprint density at radius 3 is 2.93 bits per heavy atom. The van der Waals surface area contributed by atoms with Gasteiger partial charge >= 0.3 is 0 Å². The Morgan fingerprint density at radius 2 is 2.27 bits per heavy atom. The average Bonchev–Trinajstić information content (AvgIpc) is 2.26. The summed E-state index contributed by atoms with van der Waals surface area (Å²) in [7, 11) is 0. The van der Waals surface area contributed by atoms with E-state index in [9.17, 15) is 4.79 Å². The van der Waals surface area contributed by atoms with Crippen LogP contribution in [0.3, 0.4) is 0 Å². The number of carbonyl (C=O) groups excluding carboxylic acids is 1. The van der Waals surface area contributed by atoms with E-state index in [4.69, 9.17) is 4.74 Å². The van der Waals surface area contributed by atoms with Gasteiger partial charge in [0.15, 0.2) is 0 Å². The maximum Gasteiger partial charge on any atom is 0.223 e. The zero-order chi connectivity index (χ0) is 10.9. The van der Waals surface area contributed by atoms with Crippen molar-refractivity contribution in [3.63, 3.8) is 0 Å². The molecular weight excluding hydrogens is 192 g/mol. The highest BCUT2D eigenvalue weighted by Gasteiger charge is 2.12. The molecule has 0 aromatic carbocycles. The molecule has 0 bridgehead atoms. The summed E-state index contributed by atoms with van der Waals surface area (Å²) in [5.41, 5.74) is 0. The second-order valence-corrected chi connectivity index (χ2v) is 3.66. The van der Waals surface area contributed by atoms with E-state index < -0.39 is 0 Å². The van der Waals surface area contributed by atoms with Crippen LogP contribution in [0.4, 0.5) is 0 Å². The van der Waals surface area contributed by atoms with Crippen molar-refractivity contribution in [2.75, 3.05) is 26.2 Å². The molecule has 0 aromatic rings. The maximum absolute atomic E-state index is 11.0. The lowest BCUT2D eigenvalue weighted by atomic mass is 10.1. The summed E-state index contributed by atoms with van der Waals surface area (Å²) in [6.07, 6.45) is 4.49. The van der Waals surface area contributed by atoms with Gasteiger partial charge in [-0.1, -0.05) is 6.08 Å². The molecule has 86 valence electrons. The van der Waals surface area contributed by atoms with Gasteiger partial charge in [0.25, 0.3) is 0 Å². The number of rotatable bonds is 6. The molecule has 0 unspecified atom stereocenters. The summed E-state index contributed by atoms with van der Waals surface area (Å²) >= 11 is 0. The summed E-state index contributed by atoms with van der Waals surface area (Å²) in [5.74, 6) is 0.0129. The van der Waals surface area contributed by atoms with Crippen molar-refractivity contribution in [1.82, 2.24) is 10.6 Å². The second kappa shape index (κ2) is 7.43. The lowest BCUT2D eigenvalue weighted by Crippen LogP contribution is -2.34. The quantitative estimate of drug-likeness (QED) is 0.496. The van der Waals surface area contributed by atoms with E-state index in [-0.39, 0.29) is 5.91 Å². The molecule has 1 fully saturated rings. The van der Waals surface area contributed by atoms with Gasteiger partial charge in [0.2, 0.25) is 5.91 Å². The van der Waals surface area contributed by atoms with Gasteiger partial charge in [0, 0.05) is 13.0 Å². The fraction of sp³-hybridized carbons (Fsp3) is 0.727. The van der Waals surface area contributed by atoms with Crippen molar-refractivity contribution < 1.29 is 9.53 Å². The van der Waals surface area contributed by atoms with Crippen molar-refractivity contribution in [1.29, 1.82) is 0 Å². The molecule has 0 spiro atoms. The molecule has 0 aromatic heterocycles. The monoisotopic (exact) mass is 212 g/mol. The van der Waals surface area contributed by atoms with Gasteiger partial charge in [-0.3, -0.25) is 4.79 Å². The third kappa shape index (κ3) is 5.54. The van der Waals surface area contributed by atoms with Gasteiger partial charge in [-0.15, -0.1) is 6.58 Å². The van der Waals surface area contributed by atoms with E-state index in [1.807, 2.05) is 0 Å². The minimum Gasteiger partial charge on any atom is -0.376 e. The van der Waals surface area contributed by atoms with Crippen LogP contribution in [0.1, 0.15) is 19.3 Å². The topological polar surface area (TPSA) is 50.4 Å². The first-order chi connectivity index (χ1) is 7.33. The first-order valence-electron chi connectivity index (χ1n) is 5.53. The van der Waals surface area contributed by atoms with Crippen molar-refractivity contribution >= 4 is 5.91 Å². The van der Waals surface area contributed by atoms with Crippen LogP contribution >= 0.6 is 0 Å². The van der Waals surface area contributed by atoms with Crippen LogP contribution in [-0.2, 0) is 9.53 Å². The number of hydrogen-bond donors (Lipinski definition) is 2. The Hall–Kier alpha value is -0.870. The molecule has 0 atom stereocenters. The molecule has 0 aliphatic carbocycles. The first kappa shape index (κ1) is 12.2. The lowest BCUT2D eigenvalue weighted by molar-refractivity contribution is -0.120. The number of amides is 1. The Labute approximate surface area is 91.1 Å². The van der Waals surface area contributed by atoms with Crippen molar-refractivity contribution in [3.8, 4) is 0 Å². The Morgan fingerprint density at radius 1 is 1.53 bits per heavy atom. The number of carbonyl (C=O) groups is 1. The van der Waals surface area contributed by atoms with Gasteiger partial charge in [0.05, 0.1) is 12.7 Å². The van der Waals surface area contributed by atoms with Crippen molar-refractivity contribution in [3.05, 3.63) is 12.7 Å². The van der Waals surface area contributed by atoms with Crippen LogP contribution < -0.4 is 10.6 Å². The van der Waals surface area contributed by atoms with Gasteiger partial charge in [-0.2, -0.15) is 0 Å². The summed E-state index contributed by atoms with van der Waals surface area (Å²) in [6, 6.07) is 0. The minimum atomic E-state index is 0.0129. The zero-order valence-electron chi connectivity index (χ0n) is 9.13. The highest BCUT2D eigenvalue weighted by Crippen LogP contribution is 2.06. The third-order valence-corrected chi connectivity index (χ3v) is 2.39. The standard InChI is InChI=1S/C11H20N2O2/c1-2-3-11(14)13-8-9-15-10-4-6-12-7-5-10/h2,10,12H,1,3-9H2,(H,13,14). The smallest absolute Gasteiger partial charge is 0.223 e. The summed E-state index contributed by atoms with van der Waals surface area (Å²) in [5, 5.41) is 6.05. The lowest BCUT2D eigenvalue weighted by Gasteiger charge is -2.22. The van der Waals surface area contributed by atoms with Crippen LogP contribution in [-0.4, -0.2) is 38.3 Å². The number of piperidine rings is 1. The third-order valence-electron chi connectivity index (χ3n) is 2.39. The van der Waals surface area contributed by atoms with Crippen molar-refractivity contribution in [2.45, 2.75) is 25.4 Å². The summed E-state index contributed by atoms with van der Waals surface area (Å²) in [4.78, 5) is 11.0. The molecule has 1 aliphatic rings. The van der Waals surface area contributed by atoms with E-state index in [2.05, 4.69) is 17.2 Å². The second-order valence-electron chi connectivity index (χ2n) is 3.66. The molecule has 1 heterocycles. The van der Waals surface area contributed by atoms with Crippen LogP contribution in [0, 0.1) is 0 Å². The highest BCUT2D eigenvalue weighted by molar-refractivity contribution is 5.77. The fourth-order valence-corrected chi connectivity index (χ4v) is 1.58. The first-order valence-corrected chi connectivity index (χ1v) is 5.53. The molecule has 1 amide bonds. The molecule has 1 rings (SSSR count). The number of hydrogen-bond acceptors (Lipinski definition) is 3. The number of nitrogens with one attached hydrogen (secondary N) is 2. The molecule has 1 aliphatic heterocycles. The molecule has 2 N–H and O–H groups in total. The van der Waals surface area contributed by atoms with Crippen LogP contribution in [0.5, 0.6) is 0 Å². The molecule has 0 radical (unpaired) electrons. The van der Waals surface area contributed by atoms with Crippen molar-refractivity contribution in [2.24, 2.45) is 0 Å². The Kier molecular flexibility index (Phi) is 6.04. The normalized spacial score (nSPS) is 17.3. The van der Waals surface area contributed by atoms with E-state index in [1.54, 1.807) is 6.08 Å². The fourth-order valence-electron chi connectivity index (χ4n) is 1.58. The van der Waals surface area contributed by atoms with Crippen LogP contribution in [0.15, 0.2) is 12.7 Å². The number of ether oxygens (including phenoxy) is 1. The largest absolute Gasteiger partial charge is 0.376 e. The van der Waals surface area contributed by atoms with Crippen LogP contribution in [0.25, 0.3) is 0 Å². The van der Waals surface area contributed by atoms with E-state index in [0.29, 0.717) is 25.7 Å². The molecule has 4 heteroatoms. The predicted octanol–water partition coefficient (Wildman–Crippen LogP) is 0.447. The summed E-state index contributed by atoms with van der Waals surface area (Å²) < 4.78 is 5.63. The Balaban J connectivity index is 1.95. The van der Waals surface area contributed by atoms with Gasteiger partial charge in [0.1, 0.15) is 0 Å². The molecule has 4 nitrogen and oxygen atoms in total.